The Balaban J connectivity index is 2.00. The van der Waals surface area contributed by atoms with Crippen LogP contribution >= 0.6 is 0 Å². The normalized spacial score (nSPS) is 23.6. The van der Waals surface area contributed by atoms with E-state index >= 15 is 0 Å². The molecule has 0 saturated carbocycles. The van der Waals surface area contributed by atoms with E-state index in [9.17, 15) is 0 Å². The maximum atomic E-state index is 2.34. The zero-order chi connectivity index (χ0) is 14.7. The standard InChI is InChI=1S/C22H18/c1-2-22-18-12-6-3-9-15(18)21(16-10-4-7-13-19(16)22)17-11-5-8-14-20(17)22/h3-14,21H,2H2,1H3. The van der Waals surface area contributed by atoms with Crippen LogP contribution in [0.4, 0.5) is 0 Å². The Morgan fingerprint density at radius 3 is 1.36 bits per heavy atom. The fourth-order valence-electron chi connectivity index (χ4n) is 4.92. The number of rotatable bonds is 1. The van der Waals surface area contributed by atoms with Crippen LogP contribution in [-0.2, 0) is 5.41 Å². The molecule has 2 bridgehead atoms. The summed E-state index contributed by atoms with van der Waals surface area (Å²) in [6, 6.07) is 27.2. The van der Waals surface area contributed by atoms with Gasteiger partial charge in [0.1, 0.15) is 0 Å². The molecular formula is C22H18. The fraction of sp³-hybridized carbons (Fsp3) is 0.182. The van der Waals surface area contributed by atoms with E-state index in [1.165, 1.54) is 33.4 Å². The van der Waals surface area contributed by atoms with Gasteiger partial charge in [-0.2, -0.15) is 0 Å². The van der Waals surface area contributed by atoms with Crippen LogP contribution in [0.5, 0.6) is 0 Å². The summed E-state index contributed by atoms with van der Waals surface area (Å²) in [4.78, 5) is 0. The Kier molecular flexibility index (Phi) is 2.28. The zero-order valence-electron chi connectivity index (χ0n) is 12.7. The van der Waals surface area contributed by atoms with E-state index in [1.54, 1.807) is 0 Å². The molecule has 6 rings (SSSR count). The maximum Gasteiger partial charge on any atom is 0.0457 e. The molecule has 0 fully saturated rings. The second kappa shape index (κ2) is 4.10. The first-order valence-corrected chi connectivity index (χ1v) is 8.16. The van der Waals surface area contributed by atoms with Gasteiger partial charge in [-0.15, -0.1) is 0 Å². The van der Waals surface area contributed by atoms with E-state index in [2.05, 4.69) is 79.7 Å². The van der Waals surface area contributed by atoms with Gasteiger partial charge in [0.25, 0.3) is 0 Å². The van der Waals surface area contributed by atoms with Gasteiger partial charge in [-0.1, -0.05) is 79.7 Å². The molecule has 3 aromatic carbocycles. The smallest absolute Gasteiger partial charge is 0.0457 e. The Labute approximate surface area is 131 Å². The Bertz CT molecular complexity index is 772. The van der Waals surface area contributed by atoms with Gasteiger partial charge in [0.2, 0.25) is 0 Å². The molecule has 0 heteroatoms. The molecule has 0 saturated heterocycles. The molecule has 22 heavy (non-hydrogen) atoms. The Morgan fingerprint density at radius 2 is 1.00 bits per heavy atom. The third-order valence-electron chi connectivity index (χ3n) is 5.73. The van der Waals surface area contributed by atoms with Crippen LogP contribution in [0.25, 0.3) is 0 Å². The van der Waals surface area contributed by atoms with Crippen LogP contribution in [-0.4, -0.2) is 0 Å². The van der Waals surface area contributed by atoms with Crippen LogP contribution in [0.3, 0.4) is 0 Å². The predicted molar refractivity (Wildman–Crippen MR) is 90.4 cm³/mol. The average molecular weight is 282 g/mol. The maximum absolute atomic E-state index is 2.34. The average Bonchev–Trinajstić information content (AvgIpc) is 2.61. The highest BCUT2D eigenvalue weighted by Crippen LogP contribution is 2.59. The molecular weight excluding hydrogens is 264 g/mol. The number of benzene rings is 3. The molecule has 0 heterocycles. The van der Waals surface area contributed by atoms with Crippen molar-refractivity contribution < 1.29 is 0 Å². The number of hydrogen-bond donors (Lipinski definition) is 0. The highest BCUT2D eigenvalue weighted by atomic mass is 14.5. The quantitative estimate of drug-likeness (QED) is 0.572. The molecule has 3 aliphatic carbocycles. The van der Waals surface area contributed by atoms with Crippen molar-refractivity contribution in [3.8, 4) is 0 Å². The van der Waals surface area contributed by atoms with Gasteiger partial charge in [0.05, 0.1) is 0 Å². The lowest BCUT2D eigenvalue weighted by Gasteiger charge is -2.50. The first kappa shape index (κ1) is 12.2. The molecule has 0 atom stereocenters. The lowest BCUT2D eigenvalue weighted by atomic mass is 9.52. The van der Waals surface area contributed by atoms with Crippen molar-refractivity contribution in [3.63, 3.8) is 0 Å². The summed E-state index contributed by atoms with van der Waals surface area (Å²) in [5, 5.41) is 0. The van der Waals surface area contributed by atoms with Gasteiger partial charge in [-0.3, -0.25) is 0 Å². The first-order valence-electron chi connectivity index (χ1n) is 8.16. The van der Waals surface area contributed by atoms with Gasteiger partial charge in [-0.05, 0) is 39.8 Å². The molecule has 106 valence electrons. The molecule has 3 aromatic rings. The summed E-state index contributed by atoms with van der Waals surface area (Å²) in [5.74, 6) is 0.400. The monoisotopic (exact) mass is 282 g/mol. The minimum absolute atomic E-state index is 0.0263. The molecule has 0 aromatic heterocycles. The number of hydrogen-bond acceptors (Lipinski definition) is 0. The lowest BCUT2D eigenvalue weighted by molar-refractivity contribution is 0.527. The molecule has 0 unspecified atom stereocenters. The van der Waals surface area contributed by atoms with E-state index in [-0.39, 0.29) is 5.41 Å². The molecule has 3 aliphatic rings. The van der Waals surface area contributed by atoms with Crippen LogP contribution in [0.15, 0.2) is 72.8 Å². The predicted octanol–water partition coefficient (Wildman–Crippen LogP) is 5.24. The first-order chi connectivity index (χ1) is 10.9. The summed E-state index contributed by atoms with van der Waals surface area (Å²) in [7, 11) is 0. The van der Waals surface area contributed by atoms with Crippen molar-refractivity contribution in [2.45, 2.75) is 24.7 Å². The molecule has 0 spiro atoms. The van der Waals surface area contributed by atoms with Crippen molar-refractivity contribution in [2.24, 2.45) is 0 Å². The van der Waals surface area contributed by atoms with E-state index in [4.69, 9.17) is 0 Å². The molecule has 0 amide bonds. The molecule has 0 nitrogen and oxygen atoms in total. The van der Waals surface area contributed by atoms with Gasteiger partial charge in [0, 0.05) is 11.3 Å². The molecule has 0 N–H and O–H groups in total. The highest BCUT2D eigenvalue weighted by Gasteiger charge is 2.49. The summed E-state index contributed by atoms with van der Waals surface area (Å²) < 4.78 is 0. The van der Waals surface area contributed by atoms with Crippen molar-refractivity contribution in [2.75, 3.05) is 0 Å². The van der Waals surface area contributed by atoms with Gasteiger partial charge < -0.3 is 0 Å². The van der Waals surface area contributed by atoms with Gasteiger partial charge in [0.15, 0.2) is 0 Å². The van der Waals surface area contributed by atoms with E-state index in [1.807, 2.05) is 0 Å². The summed E-state index contributed by atoms with van der Waals surface area (Å²) in [5.41, 5.74) is 9.07. The van der Waals surface area contributed by atoms with Crippen LogP contribution in [0.1, 0.15) is 52.6 Å². The second-order valence-electron chi connectivity index (χ2n) is 6.45. The lowest BCUT2D eigenvalue weighted by Crippen LogP contribution is -2.41. The summed E-state index contributed by atoms with van der Waals surface area (Å²) in [6.07, 6.45) is 1.10. The Hall–Kier alpha value is -2.34. The second-order valence-corrected chi connectivity index (χ2v) is 6.45. The van der Waals surface area contributed by atoms with Gasteiger partial charge >= 0.3 is 0 Å². The third-order valence-corrected chi connectivity index (χ3v) is 5.73. The van der Waals surface area contributed by atoms with Crippen LogP contribution < -0.4 is 0 Å². The fourth-order valence-corrected chi connectivity index (χ4v) is 4.92. The molecule has 0 radical (unpaired) electrons. The van der Waals surface area contributed by atoms with Crippen molar-refractivity contribution >= 4 is 0 Å². The summed E-state index contributed by atoms with van der Waals surface area (Å²) >= 11 is 0. The van der Waals surface area contributed by atoms with Crippen molar-refractivity contribution in [1.82, 2.24) is 0 Å². The minimum atomic E-state index is 0.0263. The van der Waals surface area contributed by atoms with E-state index in [0.29, 0.717) is 5.92 Å². The van der Waals surface area contributed by atoms with E-state index < -0.39 is 0 Å². The third kappa shape index (κ3) is 1.21. The van der Waals surface area contributed by atoms with Crippen molar-refractivity contribution in [1.29, 1.82) is 0 Å². The van der Waals surface area contributed by atoms with Gasteiger partial charge in [-0.25, -0.2) is 0 Å². The largest absolute Gasteiger partial charge is 0.0639 e. The Morgan fingerprint density at radius 1 is 0.636 bits per heavy atom. The van der Waals surface area contributed by atoms with Crippen LogP contribution in [0.2, 0.25) is 0 Å². The zero-order valence-corrected chi connectivity index (χ0v) is 12.7. The van der Waals surface area contributed by atoms with E-state index in [0.717, 1.165) is 6.42 Å². The summed E-state index contributed by atoms with van der Waals surface area (Å²) in [6.45, 7) is 2.33. The van der Waals surface area contributed by atoms with Crippen molar-refractivity contribution in [3.05, 3.63) is 106 Å². The van der Waals surface area contributed by atoms with Crippen LogP contribution in [0, 0.1) is 0 Å². The SMILES string of the molecule is CCC12c3ccccc3C(c3ccccc31)c1ccccc12. The minimum Gasteiger partial charge on any atom is -0.0639 e. The highest BCUT2D eigenvalue weighted by molar-refractivity contribution is 5.71. The topological polar surface area (TPSA) is 0 Å². The molecule has 0 aliphatic heterocycles.